The predicted molar refractivity (Wildman–Crippen MR) is 155 cm³/mol. The second kappa shape index (κ2) is 9.46. The van der Waals surface area contributed by atoms with Crippen LogP contribution in [-0.4, -0.2) is 68.0 Å². The summed E-state index contributed by atoms with van der Waals surface area (Å²) in [5, 5.41) is 4.04. The van der Waals surface area contributed by atoms with Crippen LogP contribution in [0, 0.1) is 0 Å². The normalized spacial score (nSPS) is 18.6. The number of para-hydroxylation sites is 1. The van der Waals surface area contributed by atoms with Gasteiger partial charge < -0.3 is 15.1 Å². The third-order valence-electron chi connectivity index (χ3n) is 7.82. The summed E-state index contributed by atoms with van der Waals surface area (Å²) < 4.78 is 29.4. The predicted octanol–water partition coefficient (Wildman–Crippen LogP) is 4.40. The van der Waals surface area contributed by atoms with Crippen LogP contribution >= 0.6 is 0 Å². The van der Waals surface area contributed by atoms with Crippen molar-refractivity contribution in [3.05, 3.63) is 72.6 Å². The SMILES string of the molecule is CN(C)C1CCN(c2ccc(Nc3ncc4c(n3)N(S(=O)(=O)c3cccc5cccnc35)CC4(C)C)cc2)C1. The van der Waals surface area contributed by atoms with Crippen LogP contribution in [0.5, 0.6) is 0 Å². The Bertz CT molecular complexity index is 1630. The van der Waals surface area contributed by atoms with Crippen molar-refractivity contribution in [1.29, 1.82) is 0 Å². The lowest BCUT2D eigenvalue weighted by Crippen LogP contribution is -2.34. The van der Waals surface area contributed by atoms with Gasteiger partial charge in [-0.05, 0) is 56.9 Å². The van der Waals surface area contributed by atoms with E-state index in [-0.39, 0.29) is 11.4 Å². The molecule has 0 saturated carbocycles. The highest BCUT2D eigenvalue weighted by Crippen LogP contribution is 2.42. The van der Waals surface area contributed by atoms with E-state index in [1.165, 1.54) is 9.99 Å². The Morgan fingerprint density at radius 3 is 2.54 bits per heavy atom. The van der Waals surface area contributed by atoms with Crippen molar-refractivity contribution in [2.75, 3.05) is 48.3 Å². The zero-order chi connectivity index (χ0) is 27.4. The minimum Gasteiger partial charge on any atom is -0.370 e. The van der Waals surface area contributed by atoms with Gasteiger partial charge in [-0.3, -0.25) is 4.98 Å². The highest BCUT2D eigenvalue weighted by molar-refractivity contribution is 7.93. The van der Waals surface area contributed by atoms with E-state index in [9.17, 15) is 8.42 Å². The van der Waals surface area contributed by atoms with E-state index < -0.39 is 15.4 Å². The molecule has 2 aromatic carbocycles. The van der Waals surface area contributed by atoms with E-state index in [1.807, 2.05) is 38.1 Å². The Labute approximate surface area is 229 Å². The molecule has 0 radical (unpaired) electrons. The van der Waals surface area contributed by atoms with Gasteiger partial charge in [-0.15, -0.1) is 0 Å². The number of nitrogens with zero attached hydrogens (tertiary/aromatic N) is 6. The summed E-state index contributed by atoms with van der Waals surface area (Å²) in [5.41, 5.74) is 2.83. The third-order valence-corrected chi connectivity index (χ3v) is 9.59. The topological polar surface area (TPSA) is 94.6 Å². The van der Waals surface area contributed by atoms with Crippen LogP contribution in [0.3, 0.4) is 0 Å². The van der Waals surface area contributed by atoms with E-state index >= 15 is 0 Å². The van der Waals surface area contributed by atoms with Crippen molar-refractivity contribution in [3.63, 3.8) is 0 Å². The van der Waals surface area contributed by atoms with E-state index in [0.29, 0.717) is 23.3 Å². The quantitative estimate of drug-likeness (QED) is 0.383. The first-order valence-electron chi connectivity index (χ1n) is 13.2. The molecule has 10 heteroatoms. The Morgan fingerprint density at radius 1 is 1.03 bits per heavy atom. The third kappa shape index (κ3) is 4.57. The Hall–Kier alpha value is -3.76. The summed E-state index contributed by atoms with van der Waals surface area (Å²) in [6.45, 7) is 6.34. The molecule has 4 heterocycles. The van der Waals surface area contributed by atoms with Crippen LogP contribution in [0.4, 0.5) is 23.1 Å². The monoisotopic (exact) mass is 543 g/mol. The lowest BCUT2D eigenvalue weighted by molar-refractivity contribution is 0.315. The fraction of sp³-hybridized carbons (Fsp3) is 0.345. The van der Waals surface area contributed by atoms with Gasteiger partial charge in [0.05, 0.1) is 5.52 Å². The smallest absolute Gasteiger partial charge is 0.267 e. The van der Waals surface area contributed by atoms with Crippen molar-refractivity contribution < 1.29 is 8.42 Å². The molecule has 1 N–H and O–H groups in total. The highest BCUT2D eigenvalue weighted by atomic mass is 32.2. The number of benzene rings is 2. The molecular formula is C29H33N7O2S. The van der Waals surface area contributed by atoms with Crippen LogP contribution < -0.4 is 14.5 Å². The van der Waals surface area contributed by atoms with Crippen molar-refractivity contribution in [3.8, 4) is 0 Å². The molecule has 39 heavy (non-hydrogen) atoms. The molecule has 0 bridgehead atoms. The van der Waals surface area contributed by atoms with Gasteiger partial charge in [0.25, 0.3) is 10.0 Å². The lowest BCUT2D eigenvalue weighted by Gasteiger charge is -2.22. The zero-order valence-corrected chi connectivity index (χ0v) is 23.5. The minimum absolute atomic E-state index is 0.173. The number of pyridine rings is 1. The van der Waals surface area contributed by atoms with E-state index in [4.69, 9.17) is 4.98 Å². The number of rotatable bonds is 6. The number of hydrogen-bond acceptors (Lipinski definition) is 8. The van der Waals surface area contributed by atoms with Gasteiger partial charge in [0.2, 0.25) is 5.95 Å². The van der Waals surface area contributed by atoms with E-state index in [2.05, 4.69) is 51.3 Å². The first-order valence-corrected chi connectivity index (χ1v) is 14.6. The van der Waals surface area contributed by atoms with Crippen molar-refractivity contribution in [2.24, 2.45) is 0 Å². The van der Waals surface area contributed by atoms with Crippen LogP contribution in [0.1, 0.15) is 25.8 Å². The molecule has 0 spiro atoms. The Kier molecular flexibility index (Phi) is 6.19. The molecular weight excluding hydrogens is 510 g/mol. The summed E-state index contributed by atoms with van der Waals surface area (Å²) in [6, 6.07) is 17.7. The molecule has 4 aromatic rings. The number of nitrogens with one attached hydrogen (secondary N) is 1. The first-order chi connectivity index (χ1) is 18.6. The highest BCUT2D eigenvalue weighted by Gasteiger charge is 2.43. The Balaban J connectivity index is 1.29. The molecule has 2 aliphatic rings. The van der Waals surface area contributed by atoms with Gasteiger partial charge in [-0.25, -0.2) is 17.7 Å². The van der Waals surface area contributed by atoms with Crippen LogP contribution in [0.25, 0.3) is 10.9 Å². The second-order valence-electron chi connectivity index (χ2n) is 11.2. The van der Waals surface area contributed by atoms with Crippen molar-refractivity contribution in [2.45, 2.75) is 36.6 Å². The molecule has 1 saturated heterocycles. The molecule has 1 fully saturated rings. The molecule has 0 aliphatic carbocycles. The summed E-state index contributed by atoms with van der Waals surface area (Å²) in [7, 11) is 0.337. The average molecular weight is 544 g/mol. The molecule has 6 rings (SSSR count). The fourth-order valence-corrected chi connectivity index (χ4v) is 7.27. The molecule has 1 unspecified atom stereocenters. The van der Waals surface area contributed by atoms with Gasteiger partial charge in [0.1, 0.15) is 4.90 Å². The van der Waals surface area contributed by atoms with Gasteiger partial charge in [0.15, 0.2) is 5.82 Å². The maximum Gasteiger partial charge on any atom is 0.267 e. The molecule has 1 atom stereocenters. The minimum atomic E-state index is -3.92. The molecule has 2 aliphatic heterocycles. The maximum atomic E-state index is 14.0. The Morgan fingerprint density at radius 2 is 1.79 bits per heavy atom. The standard InChI is InChI=1S/C29H33N7O2S/c1-29(2)19-36(39(37,38)25-9-5-7-20-8-6-15-30-26(20)25)27-24(29)17-31-28(33-27)32-21-10-12-22(13-11-21)35-16-14-23(18-35)34(3)4/h5-13,15,17,23H,14,16,18-19H2,1-4H3,(H,31,32,33). The molecule has 2 aromatic heterocycles. The molecule has 0 amide bonds. The van der Waals surface area contributed by atoms with Gasteiger partial charge in [0, 0.05) is 65.8 Å². The average Bonchev–Trinajstić information content (AvgIpc) is 3.52. The largest absolute Gasteiger partial charge is 0.370 e. The second-order valence-corrected chi connectivity index (χ2v) is 13.0. The number of likely N-dealkylation sites (N-methyl/N-ethyl adjacent to an activating group) is 1. The van der Waals surface area contributed by atoms with Crippen LogP contribution in [0.2, 0.25) is 0 Å². The molecule has 202 valence electrons. The molecule has 9 nitrogen and oxygen atoms in total. The van der Waals surface area contributed by atoms with Crippen molar-refractivity contribution in [1.82, 2.24) is 19.9 Å². The number of hydrogen-bond donors (Lipinski definition) is 1. The van der Waals surface area contributed by atoms with Gasteiger partial charge >= 0.3 is 0 Å². The summed E-state index contributed by atoms with van der Waals surface area (Å²) in [4.78, 5) is 18.5. The fourth-order valence-electron chi connectivity index (χ4n) is 5.50. The summed E-state index contributed by atoms with van der Waals surface area (Å²) in [6.07, 6.45) is 4.51. The van der Waals surface area contributed by atoms with E-state index in [0.717, 1.165) is 36.1 Å². The number of fused-ring (bicyclic) bond motifs is 2. The number of anilines is 4. The van der Waals surface area contributed by atoms with Gasteiger partial charge in [-0.2, -0.15) is 4.98 Å². The van der Waals surface area contributed by atoms with Crippen LogP contribution in [0.15, 0.2) is 71.9 Å². The van der Waals surface area contributed by atoms with Gasteiger partial charge in [-0.1, -0.05) is 32.0 Å². The summed E-state index contributed by atoms with van der Waals surface area (Å²) in [5.74, 6) is 0.748. The van der Waals surface area contributed by atoms with Crippen molar-refractivity contribution >= 4 is 44.1 Å². The lowest BCUT2D eigenvalue weighted by atomic mass is 9.89. The van der Waals surface area contributed by atoms with E-state index in [1.54, 1.807) is 30.6 Å². The van der Waals surface area contributed by atoms with Crippen LogP contribution in [-0.2, 0) is 15.4 Å². The first kappa shape index (κ1) is 25.5. The summed E-state index contributed by atoms with van der Waals surface area (Å²) >= 11 is 0. The number of aromatic nitrogens is 3. The maximum absolute atomic E-state index is 14.0. The zero-order valence-electron chi connectivity index (χ0n) is 22.7. The number of sulfonamides is 1.